The maximum atomic E-state index is 11.4. The number of ether oxygens (including phenoxy) is 2. The fourth-order valence-electron chi connectivity index (χ4n) is 2.30. The van der Waals surface area contributed by atoms with Gasteiger partial charge in [-0.15, -0.1) is 0 Å². The summed E-state index contributed by atoms with van der Waals surface area (Å²) < 4.78 is 10.2. The van der Waals surface area contributed by atoms with E-state index in [-0.39, 0.29) is 17.8 Å². The number of hydrogen-bond acceptors (Lipinski definition) is 3. The van der Waals surface area contributed by atoms with E-state index in [1.165, 1.54) is 7.11 Å². The summed E-state index contributed by atoms with van der Waals surface area (Å²) in [6.07, 6.45) is 0.756. The van der Waals surface area contributed by atoms with Crippen LogP contribution in [0.2, 0.25) is 0 Å². The lowest BCUT2D eigenvalue weighted by atomic mass is 9.89. The van der Waals surface area contributed by atoms with Gasteiger partial charge in [0.15, 0.2) is 0 Å². The molecule has 0 aromatic heterocycles. The Kier molecular flexibility index (Phi) is 5.20. The van der Waals surface area contributed by atoms with Crippen LogP contribution in [0.5, 0.6) is 5.75 Å². The molecule has 0 radical (unpaired) electrons. The van der Waals surface area contributed by atoms with Crippen molar-refractivity contribution in [3.63, 3.8) is 0 Å². The summed E-state index contributed by atoms with van der Waals surface area (Å²) in [6, 6.07) is 6.10. The van der Waals surface area contributed by atoms with E-state index < -0.39 is 0 Å². The molecule has 100 valence electrons. The van der Waals surface area contributed by atoms with Crippen molar-refractivity contribution in [2.75, 3.05) is 14.2 Å². The molecule has 1 rings (SSSR count). The van der Waals surface area contributed by atoms with Gasteiger partial charge in [-0.3, -0.25) is 4.79 Å². The second-order valence-corrected chi connectivity index (χ2v) is 4.76. The van der Waals surface area contributed by atoms with Crippen molar-refractivity contribution in [2.45, 2.75) is 33.1 Å². The van der Waals surface area contributed by atoms with Crippen molar-refractivity contribution in [1.29, 1.82) is 0 Å². The molecular weight excluding hydrogens is 228 g/mol. The fourth-order valence-corrected chi connectivity index (χ4v) is 2.30. The monoisotopic (exact) mass is 250 g/mol. The van der Waals surface area contributed by atoms with Crippen molar-refractivity contribution >= 4 is 5.97 Å². The summed E-state index contributed by atoms with van der Waals surface area (Å²) in [5.41, 5.74) is 2.26. The van der Waals surface area contributed by atoms with E-state index in [4.69, 9.17) is 9.47 Å². The van der Waals surface area contributed by atoms with E-state index in [9.17, 15) is 4.79 Å². The largest absolute Gasteiger partial charge is 0.496 e. The molecule has 0 saturated heterocycles. The lowest BCUT2D eigenvalue weighted by Gasteiger charge is -2.19. The summed E-state index contributed by atoms with van der Waals surface area (Å²) in [5, 5.41) is 0. The van der Waals surface area contributed by atoms with Crippen molar-refractivity contribution in [2.24, 2.45) is 5.92 Å². The van der Waals surface area contributed by atoms with Gasteiger partial charge >= 0.3 is 5.97 Å². The Labute approximate surface area is 109 Å². The minimum atomic E-state index is -0.159. The molecule has 0 fully saturated rings. The van der Waals surface area contributed by atoms with Gasteiger partial charge in [-0.1, -0.05) is 32.0 Å². The first-order valence-electron chi connectivity index (χ1n) is 6.22. The predicted molar refractivity (Wildman–Crippen MR) is 71.9 cm³/mol. The van der Waals surface area contributed by atoms with E-state index in [1.54, 1.807) is 7.11 Å². The number of aryl methyl sites for hydroxylation is 1. The maximum Gasteiger partial charge on any atom is 0.308 e. The number of methoxy groups -OCH3 is 2. The number of esters is 1. The van der Waals surface area contributed by atoms with Crippen LogP contribution in [0.3, 0.4) is 0 Å². The molecule has 1 unspecified atom stereocenters. The fraction of sp³-hybridized carbons (Fsp3) is 0.533. The summed E-state index contributed by atoms with van der Waals surface area (Å²) >= 11 is 0. The first kappa shape index (κ1) is 14.6. The van der Waals surface area contributed by atoms with Crippen LogP contribution in [0.15, 0.2) is 18.2 Å². The van der Waals surface area contributed by atoms with Crippen LogP contribution in [0.25, 0.3) is 0 Å². The second-order valence-electron chi connectivity index (χ2n) is 4.76. The molecule has 3 heteroatoms. The molecule has 2 atom stereocenters. The minimum absolute atomic E-state index is 0.102. The van der Waals surface area contributed by atoms with Gasteiger partial charge in [0.1, 0.15) is 5.75 Å². The van der Waals surface area contributed by atoms with E-state index in [1.807, 2.05) is 26.0 Å². The molecule has 0 aliphatic carbocycles. The quantitative estimate of drug-likeness (QED) is 0.752. The van der Waals surface area contributed by atoms with Crippen molar-refractivity contribution in [3.05, 3.63) is 29.3 Å². The Bertz CT molecular complexity index is 412. The third kappa shape index (κ3) is 3.25. The molecule has 18 heavy (non-hydrogen) atoms. The number of para-hydroxylation sites is 1. The molecule has 1 aromatic rings. The van der Waals surface area contributed by atoms with Gasteiger partial charge in [0.25, 0.3) is 0 Å². The molecule has 0 aliphatic heterocycles. The highest BCUT2D eigenvalue weighted by molar-refractivity contribution is 5.71. The van der Waals surface area contributed by atoms with Crippen molar-refractivity contribution in [3.8, 4) is 5.75 Å². The number of hydrogen-bond donors (Lipinski definition) is 0. The zero-order valence-electron chi connectivity index (χ0n) is 11.8. The molecule has 1 aromatic carbocycles. The van der Waals surface area contributed by atoms with Gasteiger partial charge in [0.05, 0.1) is 20.1 Å². The second kappa shape index (κ2) is 6.43. The molecule has 0 bridgehead atoms. The smallest absolute Gasteiger partial charge is 0.308 e. The Morgan fingerprint density at radius 3 is 2.50 bits per heavy atom. The lowest BCUT2D eigenvalue weighted by molar-refractivity contribution is -0.145. The van der Waals surface area contributed by atoms with Gasteiger partial charge in [-0.05, 0) is 30.4 Å². The highest BCUT2D eigenvalue weighted by Crippen LogP contribution is 2.33. The summed E-state index contributed by atoms with van der Waals surface area (Å²) in [5.74, 6) is 0.916. The first-order valence-corrected chi connectivity index (χ1v) is 6.22. The van der Waals surface area contributed by atoms with E-state index in [0.717, 1.165) is 23.3 Å². The van der Waals surface area contributed by atoms with Crippen LogP contribution in [0.1, 0.15) is 37.3 Å². The number of rotatable bonds is 5. The Balaban J connectivity index is 2.87. The summed E-state index contributed by atoms with van der Waals surface area (Å²) in [4.78, 5) is 11.4. The van der Waals surface area contributed by atoms with E-state index in [2.05, 4.69) is 13.0 Å². The highest BCUT2D eigenvalue weighted by atomic mass is 16.5. The predicted octanol–water partition coefficient (Wildman–Crippen LogP) is 3.31. The zero-order chi connectivity index (χ0) is 13.7. The van der Waals surface area contributed by atoms with Crippen molar-refractivity contribution < 1.29 is 14.3 Å². The van der Waals surface area contributed by atoms with Crippen LogP contribution in [0, 0.1) is 12.8 Å². The third-order valence-corrected chi connectivity index (χ3v) is 3.29. The number of carbonyl (C=O) groups is 1. The van der Waals surface area contributed by atoms with Gasteiger partial charge in [0.2, 0.25) is 0 Å². The Morgan fingerprint density at radius 1 is 1.28 bits per heavy atom. The van der Waals surface area contributed by atoms with Gasteiger partial charge in [0, 0.05) is 0 Å². The standard InChI is InChI=1S/C15H22O3/c1-10-7-6-8-13(14(10)17-4)11(2)9-12(3)15(16)18-5/h6-8,11-12H,9H2,1-5H3/t11-,12?/m1/s1. The normalized spacial score (nSPS) is 13.8. The van der Waals surface area contributed by atoms with Crippen LogP contribution in [-0.4, -0.2) is 20.2 Å². The molecular formula is C15H22O3. The van der Waals surface area contributed by atoms with E-state index in [0.29, 0.717) is 0 Å². The maximum absolute atomic E-state index is 11.4. The molecule has 0 amide bonds. The topological polar surface area (TPSA) is 35.5 Å². The molecule has 0 aliphatic rings. The number of benzene rings is 1. The van der Waals surface area contributed by atoms with Gasteiger partial charge in [-0.25, -0.2) is 0 Å². The van der Waals surface area contributed by atoms with Crippen LogP contribution < -0.4 is 4.74 Å². The van der Waals surface area contributed by atoms with Crippen LogP contribution in [-0.2, 0) is 9.53 Å². The first-order chi connectivity index (χ1) is 8.51. The molecule has 0 N–H and O–H groups in total. The van der Waals surface area contributed by atoms with E-state index >= 15 is 0 Å². The highest BCUT2D eigenvalue weighted by Gasteiger charge is 2.20. The summed E-state index contributed by atoms with van der Waals surface area (Å²) in [7, 11) is 3.11. The number of carbonyl (C=O) groups excluding carboxylic acids is 1. The molecule has 0 saturated carbocycles. The van der Waals surface area contributed by atoms with Crippen molar-refractivity contribution in [1.82, 2.24) is 0 Å². The lowest BCUT2D eigenvalue weighted by Crippen LogP contribution is -2.15. The minimum Gasteiger partial charge on any atom is -0.496 e. The average molecular weight is 250 g/mol. The molecule has 0 spiro atoms. The molecule has 0 heterocycles. The van der Waals surface area contributed by atoms with Crippen LogP contribution >= 0.6 is 0 Å². The average Bonchev–Trinajstić information content (AvgIpc) is 2.37. The zero-order valence-corrected chi connectivity index (χ0v) is 11.8. The Hall–Kier alpha value is -1.51. The Morgan fingerprint density at radius 2 is 1.94 bits per heavy atom. The molecule has 3 nitrogen and oxygen atoms in total. The SMILES string of the molecule is COC(=O)C(C)C[C@@H](C)c1cccc(C)c1OC. The summed E-state index contributed by atoms with van der Waals surface area (Å²) in [6.45, 7) is 6.03. The van der Waals surface area contributed by atoms with Gasteiger partial charge in [-0.2, -0.15) is 0 Å². The third-order valence-electron chi connectivity index (χ3n) is 3.29. The van der Waals surface area contributed by atoms with Crippen LogP contribution in [0.4, 0.5) is 0 Å². The van der Waals surface area contributed by atoms with Gasteiger partial charge < -0.3 is 9.47 Å².